The summed E-state index contributed by atoms with van der Waals surface area (Å²) in [6.07, 6.45) is 6.89. The molecule has 4 nitrogen and oxygen atoms in total. The first-order chi connectivity index (χ1) is 9.72. The van der Waals surface area contributed by atoms with E-state index in [1.54, 1.807) is 12.6 Å². The molecule has 1 unspecified atom stereocenters. The minimum atomic E-state index is -0.362. The van der Waals surface area contributed by atoms with Gasteiger partial charge < -0.3 is 4.74 Å². The molecule has 1 aliphatic carbocycles. The van der Waals surface area contributed by atoms with E-state index in [-0.39, 0.29) is 5.91 Å². The van der Waals surface area contributed by atoms with Crippen LogP contribution in [0.4, 0.5) is 0 Å². The summed E-state index contributed by atoms with van der Waals surface area (Å²) in [5.74, 6) is 0.922. The van der Waals surface area contributed by atoms with Gasteiger partial charge in [0.15, 0.2) is 0 Å². The number of carbonyl (C=O) groups excluding carboxylic acids is 1. The molecule has 0 saturated carbocycles. The van der Waals surface area contributed by atoms with E-state index in [9.17, 15) is 4.79 Å². The Hall–Kier alpha value is -1.81. The number of hydrogen-bond acceptors (Lipinski definition) is 3. The molecule has 0 aliphatic heterocycles. The third-order valence-electron chi connectivity index (χ3n) is 3.81. The van der Waals surface area contributed by atoms with Gasteiger partial charge in [0.25, 0.3) is 5.91 Å². The number of ether oxygens (including phenoxy) is 1. The van der Waals surface area contributed by atoms with Crippen molar-refractivity contribution >= 4 is 5.91 Å². The lowest BCUT2D eigenvalue weighted by molar-refractivity contribution is -0.125. The summed E-state index contributed by atoms with van der Waals surface area (Å²) < 4.78 is 5.14. The van der Waals surface area contributed by atoms with Crippen molar-refractivity contribution in [3.63, 3.8) is 0 Å². The van der Waals surface area contributed by atoms with Crippen LogP contribution < -0.4 is 10.2 Å². The smallest absolute Gasteiger partial charge is 0.270 e. The normalized spacial score (nSPS) is 18.3. The van der Waals surface area contributed by atoms with Crippen molar-refractivity contribution in [1.82, 2.24) is 5.48 Å². The van der Waals surface area contributed by atoms with Crippen LogP contribution in [0.15, 0.2) is 35.9 Å². The fourth-order valence-corrected chi connectivity index (χ4v) is 2.64. The fraction of sp³-hybridized carbons (Fsp3) is 0.438. The summed E-state index contributed by atoms with van der Waals surface area (Å²) in [5, 5.41) is 8.68. The van der Waals surface area contributed by atoms with Gasteiger partial charge in [-0.3, -0.25) is 10.0 Å². The second kappa shape index (κ2) is 7.10. The van der Waals surface area contributed by atoms with Gasteiger partial charge in [-0.25, -0.2) is 5.48 Å². The Kier molecular flexibility index (Phi) is 5.18. The van der Waals surface area contributed by atoms with Crippen molar-refractivity contribution in [1.29, 1.82) is 0 Å². The number of nitrogens with one attached hydrogen (secondary N) is 1. The summed E-state index contributed by atoms with van der Waals surface area (Å²) >= 11 is 0. The SMILES string of the molecule is COc1ccc(CCC2C=C(C(=O)NO)CCC2)cc1. The van der Waals surface area contributed by atoms with Crippen LogP contribution in [0.1, 0.15) is 31.2 Å². The molecule has 0 aromatic heterocycles. The zero-order valence-corrected chi connectivity index (χ0v) is 11.8. The van der Waals surface area contributed by atoms with Crippen molar-refractivity contribution in [2.75, 3.05) is 7.11 Å². The molecule has 0 heterocycles. The zero-order valence-electron chi connectivity index (χ0n) is 11.8. The summed E-state index contributed by atoms with van der Waals surface area (Å²) in [7, 11) is 1.66. The molecule has 0 spiro atoms. The quantitative estimate of drug-likeness (QED) is 0.641. The number of rotatable bonds is 5. The van der Waals surface area contributed by atoms with E-state index in [1.807, 2.05) is 18.2 Å². The monoisotopic (exact) mass is 275 g/mol. The molecule has 1 aliphatic rings. The van der Waals surface area contributed by atoms with E-state index >= 15 is 0 Å². The van der Waals surface area contributed by atoms with Crippen molar-refractivity contribution < 1.29 is 14.7 Å². The Bertz CT molecular complexity index is 479. The topological polar surface area (TPSA) is 58.6 Å². The number of amides is 1. The van der Waals surface area contributed by atoms with Crippen LogP contribution in [0.3, 0.4) is 0 Å². The molecule has 0 saturated heterocycles. The van der Waals surface area contributed by atoms with E-state index in [0.717, 1.165) is 37.9 Å². The number of benzene rings is 1. The van der Waals surface area contributed by atoms with Gasteiger partial charge in [0.1, 0.15) is 5.75 Å². The Balaban J connectivity index is 1.91. The minimum Gasteiger partial charge on any atom is -0.497 e. The Morgan fingerprint density at radius 2 is 2.15 bits per heavy atom. The van der Waals surface area contributed by atoms with Crippen LogP contribution in [-0.2, 0) is 11.2 Å². The lowest BCUT2D eigenvalue weighted by Crippen LogP contribution is -2.23. The Morgan fingerprint density at radius 3 is 2.80 bits per heavy atom. The maximum atomic E-state index is 11.4. The van der Waals surface area contributed by atoms with Crippen LogP contribution >= 0.6 is 0 Å². The van der Waals surface area contributed by atoms with E-state index in [4.69, 9.17) is 9.94 Å². The second-order valence-electron chi connectivity index (χ2n) is 5.17. The first-order valence-electron chi connectivity index (χ1n) is 7.01. The molecule has 1 amide bonds. The number of hydrogen-bond donors (Lipinski definition) is 2. The van der Waals surface area contributed by atoms with Crippen LogP contribution in [0, 0.1) is 5.92 Å². The van der Waals surface area contributed by atoms with Gasteiger partial charge in [-0.15, -0.1) is 0 Å². The van der Waals surface area contributed by atoms with Gasteiger partial charge in [-0.2, -0.15) is 0 Å². The van der Waals surface area contributed by atoms with Crippen LogP contribution in [0.25, 0.3) is 0 Å². The molecular weight excluding hydrogens is 254 g/mol. The molecule has 20 heavy (non-hydrogen) atoms. The minimum absolute atomic E-state index is 0.362. The van der Waals surface area contributed by atoms with Crippen LogP contribution in [-0.4, -0.2) is 18.2 Å². The molecule has 2 N–H and O–H groups in total. The third-order valence-corrected chi connectivity index (χ3v) is 3.81. The number of hydroxylamine groups is 1. The van der Waals surface area contributed by atoms with Gasteiger partial charge in [0.05, 0.1) is 7.11 Å². The number of carbonyl (C=O) groups is 1. The van der Waals surface area contributed by atoms with Crippen molar-refractivity contribution in [2.45, 2.75) is 32.1 Å². The van der Waals surface area contributed by atoms with E-state index in [2.05, 4.69) is 12.1 Å². The Morgan fingerprint density at radius 1 is 1.40 bits per heavy atom. The van der Waals surface area contributed by atoms with E-state index < -0.39 is 0 Å². The second-order valence-corrected chi connectivity index (χ2v) is 5.17. The molecule has 2 rings (SSSR count). The maximum absolute atomic E-state index is 11.4. The lowest BCUT2D eigenvalue weighted by Gasteiger charge is -2.20. The van der Waals surface area contributed by atoms with Gasteiger partial charge >= 0.3 is 0 Å². The van der Waals surface area contributed by atoms with Crippen molar-refractivity contribution in [2.24, 2.45) is 5.92 Å². The molecule has 108 valence electrons. The molecule has 0 bridgehead atoms. The summed E-state index contributed by atoms with van der Waals surface area (Å²) in [4.78, 5) is 11.4. The molecule has 1 aromatic carbocycles. The van der Waals surface area contributed by atoms with Crippen molar-refractivity contribution in [3.05, 3.63) is 41.5 Å². The van der Waals surface area contributed by atoms with Gasteiger partial charge in [-0.1, -0.05) is 18.2 Å². The fourth-order valence-electron chi connectivity index (χ4n) is 2.64. The number of allylic oxidation sites excluding steroid dienone is 1. The molecule has 0 fully saturated rings. The van der Waals surface area contributed by atoms with Gasteiger partial charge in [0.2, 0.25) is 0 Å². The van der Waals surface area contributed by atoms with Gasteiger partial charge in [-0.05, 0) is 55.7 Å². The largest absolute Gasteiger partial charge is 0.497 e. The van der Waals surface area contributed by atoms with Gasteiger partial charge in [0, 0.05) is 5.57 Å². The molecule has 1 atom stereocenters. The highest BCUT2D eigenvalue weighted by Crippen LogP contribution is 2.26. The molecule has 4 heteroatoms. The summed E-state index contributed by atoms with van der Waals surface area (Å²) in [6.45, 7) is 0. The predicted molar refractivity (Wildman–Crippen MR) is 76.7 cm³/mol. The average Bonchev–Trinajstić information content (AvgIpc) is 2.53. The molecule has 0 radical (unpaired) electrons. The first kappa shape index (κ1) is 14.6. The van der Waals surface area contributed by atoms with Crippen molar-refractivity contribution in [3.8, 4) is 5.75 Å². The van der Waals surface area contributed by atoms with Crippen LogP contribution in [0.5, 0.6) is 5.75 Å². The number of methoxy groups -OCH3 is 1. The standard InChI is InChI=1S/C16H21NO3/c1-20-15-9-7-12(8-10-15)5-6-13-3-2-4-14(11-13)16(18)17-19/h7-11,13,19H,2-6H2,1H3,(H,17,18). The number of aryl methyl sites for hydroxylation is 1. The Labute approximate surface area is 119 Å². The highest BCUT2D eigenvalue weighted by Gasteiger charge is 2.17. The maximum Gasteiger partial charge on any atom is 0.270 e. The van der Waals surface area contributed by atoms with E-state index in [1.165, 1.54) is 5.56 Å². The van der Waals surface area contributed by atoms with E-state index in [0.29, 0.717) is 11.5 Å². The summed E-state index contributed by atoms with van der Waals surface area (Å²) in [6, 6.07) is 8.09. The third kappa shape index (κ3) is 3.84. The highest BCUT2D eigenvalue weighted by molar-refractivity contribution is 5.92. The zero-order chi connectivity index (χ0) is 14.4. The summed E-state index contributed by atoms with van der Waals surface area (Å²) in [5.41, 5.74) is 3.70. The molecule has 1 aromatic rings. The van der Waals surface area contributed by atoms with Crippen LogP contribution in [0.2, 0.25) is 0 Å². The first-order valence-corrected chi connectivity index (χ1v) is 7.01. The lowest BCUT2D eigenvalue weighted by atomic mass is 9.86. The highest BCUT2D eigenvalue weighted by atomic mass is 16.5. The predicted octanol–water partition coefficient (Wildman–Crippen LogP) is 2.86. The molecular formula is C16H21NO3. The average molecular weight is 275 g/mol.